The van der Waals surface area contributed by atoms with Crippen molar-refractivity contribution in [1.82, 2.24) is 15.1 Å². The number of rotatable bonds is 6. The third-order valence-electron chi connectivity index (χ3n) is 2.57. The number of hydrogen-bond donors (Lipinski definition) is 1. The molecule has 0 saturated heterocycles. The lowest BCUT2D eigenvalue weighted by Gasteiger charge is -2.30. The van der Waals surface area contributed by atoms with Crippen LogP contribution in [-0.2, 0) is 0 Å². The molecule has 0 aliphatic rings. The maximum absolute atomic E-state index is 3.99. The smallest absolute Gasteiger partial charge is 0.148 e. The molecule has 0 saturated carbocycles. The van der Waals surface area contributed by atoms with Crippen molar-refractivity contribution in [2.75, 3.05) is 18.4 Å². The fraction of sp³-hybridized carbons (Fsp3) is 0.667. The van der Waals surface area contributed by atoms with Gasteiger partial charge in [-0.25, -0.2) is 0 Å². The van der Waals surface area contributed by atoms with E-state index in [1.54, 1.807) is 6.20 Å². The number of hydrogen-bond acceptors (Lipinski definition) is 4. The summed E-state index contributed by atoms with van der Waals surface area (Å²) in [7, 11) is 0. The minimum Gasteiger partial charge on any atom is -0.367 e. The Bertz CT molecular complexity index is 276. The molecule has 1 heterocycles. The summed E-state index contributed by atoms with van der Waals surface area (Å²) >= 11 is 0. The SMILES string of the molecule is CC(C)N(CCNc1cccnn1)C(C)C. The molecule has 1 rings (SSSR count). The van der Waals surface area contributed by atoms with Crippen LogP contribution in [-0.4, -0.2) is 40.3 Å². The highest BCUT2D eigenvalue weighted by Crippen LogP contribution is 2.04. The average Bonchev–Trinajstić information content (AvgIpc) is 2.24. The Morgan fingerprint density at radius 1 is 1.25 bits per heavy atom. The van der Waals surface area contributed by atoms with E-state index in [9.17, 15) is 0 Å². The summed E-state index contributed by atoms with van der Waals surface area (Å²) in [5.41, 5.74) is 0. The fourth-order valence-electron chi connectivity index (χ4n) is 1.82. The van der Waals surface area contributed by atoms with E-state index in [2.05, 4.69) is 48.1 Å². The molecule has 1 aromatic heterocycles. The quantitative estimate of drug-likeness (QED) is 0.799. The van der Waals surface area contributed by atoms with Gasteiger partial charge in [-0.15, -0.1) is 5.10 Å². The molecule has 1 N–H and O–H groups in total. The normalized spacial score (nSPS) is 11.4. The monoisotopic (exact) mass is 222 g/mol. The molecular weight excluding hydrogens is 200 g/mol. The Labute approximate surface area is 98.1 Å². The van der Waals surface area contributed by atoms with Gasteiger partial charge in [0, 0.05) is 31.4 Å². The second-order valence-electron chi connectivity index (χ2n) is 4.46. The van der Waals surface area contributed by atoms with Crippen molar-refractivity contribution in [3.8, 4) is 0 Å². The lowest BCUT2D eigenvalue weighted by molar-refractivity contribution is 0.182. The van der Waals surface area contributed by atoms with Crippen LogP contribution in [0.4, 0.5) is 5.82 Å². The van der Waals surface area contributed by atoms with Crippen LogP contribution < -0.4 is 5.32 Å². The third kappa shape index (κ3) is 4.14. The van der Waals surface area contributed by atoms with E-state index in [0.29, 0.717) is 12.1 Å². The lowest BCUT2D eigenvalue weighted by Crippen LogP contribution is -2.40. The van der Waals surface area contributed by atoms with E-state index in [4.69, 9.17) is 0 Å². The molecule has 0 radical (unpaired) electrons. The fourth-order valence-corrected chi connectivity index (χ4v) is 1.82. The third-order valence-corrected chi connectivity index (χ3v) is 2.57. The van der Waals surface area contributed by atoms with Crippen molar-refractivity contribution in [1.29, 1.82) is 0 Å². The van der Waals surface area contributed by atoms with Crippen molar-refractivity contribution in [3.05, 3.63) is 18.3 Å². The van der Waals surface area contributed by atoms with Gasteiger partial charge >= 0.3 is 0 Å². The van der Waals surface area contributed by atoms with Crippen LogP contribution in [0, 0.1) is 0 Å². The highest BCUT2D eigenvalue weighted by molar-refractivity contribution is 5.31. The summed E-state index contributed by atoms with van der Waals surface area (Å²) in [4.78, 5) is 2.45. The molecule has 0 bridgehead atoms. The number of aromatic nitrogens is 2. The van der Waals surface area contributed by atoms with Gasteiger partial charge in [-0.1, -0.05) is 0 Å². The summed E-state index contributed by atoms with van der Waals surface area (Å²) in [6.45, 7) is 10.8. The van der Waals surface area contributed by atoms with E-state index < -0.39 is 0 Å². The summed E-state index contributed by atoms with van der Waals surface area (Å²) in [5, 5.41) is 11.1. The van der Waals surface area contributed by atoms with Gasteiger partial charge in [0.1, 0.15) is 5.82 Å². The summed E-state index contributed by atoms with van der Waals surface area (Å²) in [6.07, 6.45) is 1.68. The number of anilines is 1. The first kappa shape index (κ1) is 12.9. The minimum absolute atomic E-state index is 0.573. The standard InChI is InChI=1S/C12H22N4/c1-10(2)16(11(3)4)9-8-13-12-6-5-7-14-15-12/h5-7,10-11H,8-9H2,1-4H3,(H,13,15). The molecule has 4 heteroatoms. The average molecular weight is 222 g/mol. The molecule has 0 spiro atoms. The first-order valence-electron chi connectivity index (χ1n) is 5.88. The van der Waals surface area contributed by atoms with Crippen molar-refractivity contribution in [2.24, 2.45) is 0 Å². The van der Waals surface area contributed by atoms with E-state index in [1.165, 1.54) is 0 Å². The number of nitrogens with zero attached hydrogens (tertiary/aromatic N) is 3. The van der Waals surface area contributed by atoms with E-state index in [0.717, 1.165) is 18.9 Å². The maximum atomic E-state index is 3.99. The van der Waals surface area contributed by atoms with Crippen molar-refractivity contribution >= 4 is 5.82 Å². The lowest BCUT2D eigenvalue weighted by atomic mass is 10.2. The predicted molar refractivity (Wildman–Crippen MR) is 67.5 cm³/mol. The van der Waals surface area contributed by atoms with Crippen LogP contribution in [0.15, 0.2) is 18.3 Å². The second-order valence-corrected chi connectivity index (χ2v) is 4.46. The Morgan fingerprint density at radius 2 is 1.94 bits per heavy atom. The summed E-state index contributed by atoms with van der Waals surface area (Å²) in [5.74, 6) is 0.843. The molecule has 90 valence electrons. The van der Waals surface area contributed by atoms with E-state index in [1.807, 2.05) is 12.1 Å². The van der Waals surface area contributed by atoms with Gasteiger partial charge in [-0.3, -0.25) is 4.90 Å². The molecule has 4 nitrogen and oxygen atoms in total. The van der Waals surface area contributed by atoms with Gasteiger partial charge < -0.3 is 5.32 Å². The topological polar surface area (TPSA) is 41.0 Å². The Hall–Kier alpha value is -1.16. The van der Waals surface area contributed by atoms with Gasteiger partial charge in [0.2, 0.25) is 0 Å². The molecule has 1 aromatic rings. The van der Waals surface area contributed by atoms with E-state index in [-0.39, 0.29) is 0 Å². The molecule has 0 unspecified atom stereocenters. The molecule has 0 fully saturated rings. The molecule has 0 amide bonds. The van der Waals surface area contributed by atoms with Crippen molar-refractivity contribution < 1.29 is 0 Å². The number of nitrogens with one attached hydrogen (secondary N) is 1. The van der Waals surface area contributed by atoms with Crippen LogP contribution in [0.5, 0.6) is 0 Å². The Balaban J connectivity index is 2.34. The van der Waals surface area contributed by atoms with Crippen molar-refractivity contribution in [2.45, 2.75) is 39.8 Å². The van der Waals surface area contributed by atoms with Crippen LogP contribution in [0.25, 0.3) is 0 Å². The summed E-state index contributed by atoms with van der Waals surface area (Å²) in [6, 6.07) is 4.97. The zero-order valence-corrected chi connectivity index (χ0v) is 10.6. The maximum Gasteiger partial charge on any atom is 0.148 e. The van der Waals surface area contributed by atoms with E-state index >= 15 is 0 Å². The highest BCUT2D eigenvalue weighted by Gasteiger charge is 2.12. The zero-order chi connectivity index (χ0) is 12.0. The molecular formula is C12H22N4. The first-order valence-corrected chi connectivity index (χ1v) is 5.88. The van der Waals surface area contributed by atoms with Crippen LogP contribution in [0.1, 0.15) is 27.7 Å². The summed E-state index contributed by atoms with van der Waals surface area (Å²) < 4.78 is 0. The van der Waals surface area contributed by atoms with Gasteiger partial charge in [-0.05, 0) is 39.8 Å². The molecule has 0 aliphatic heterocycles. The first-order chi connectivity index (χ1) is 7.61. The van der Waals surface area contributed by atoms with Crippen LogP contribution >= 0.6 is 0 Å². The molecule has 16 heavy (non-hydrogen) atoms. The van der Waals surface area contributed by atoms with Gasteiger partial charge in [-0.2, -0.15) is 5.10 Å². The Kier molecular flexibility index (Phi) is 5.19. The second kappa shape index (κ2) is 6.43. The van der Waals surface area contributed by atoms with Gasteiger partial charge in [0.05, 0.1) is 0 Å². The molecule has 0 atom stereocenters. The van der Waals surface area contributed by atoms with Crippen molar-refractivity contribution in [3.63, 3.8) is 0 Å². The highest BCUT2D eigenvalue weighted by atomic mass is 15.2. The van der Waals surface area contributed by atoms with Crippen LogP contribution in [0.2, 0.25) is 0 Å². The molecule has 0 aromatic carbocycles. The van der Waals surface area contributed by atoms with Crippen LogP contribution in [0.3, 0.4) is 0 Å². The minimum atomic E-state index is 0.573. The largest absolute Gasteiger partial charge is 0.367 e. The molecule has 0 aliphatic carbocycles. The predicted octanol–water partition coefficient (Wildman–Crippen LogP) is 2.01. The Morgan fingerprint density at radius 3 is 2.44 bits per heavy atom. The van der Waals surface area contributed by atoms with Gasteiger partial charge in [0.15, 0.2) is 0 Å². The zero-order valence-electron chi connectivity index (χ0n) is 10.6. The van der Waals surface area contributed by atoms with Gasteiger partial charge in [0.25, 0.3) is 0 Å².